The third-order valence-corrected chi connectivity index (χ3v) is 2.50. The molecular formula is C14H20NO3. The first kappa shape index (κ1) is 14.5. The van der Waals surface area contributed by atoms with Gasteiger partial charge in [-0.3, -0.25) is 4.84 Å². The topological polar surface area (TPSA) is 38.8 Å². The first-order valence-corrected chi connectivity index (χ1v) is 6.23. The van der Waals surface area contributed by atoms with E-state index in [0.717, 1.165) is 17.9 Å². The number of ether oxygens (including phenoxy) is 1. The Morgan fingerprint density at radius 2 is 1.94 bits per heavy atom. The van der Waals surface area contributed by atoms with E-state index in [2.05, 4.69) is 18.8 Å². The lowest BCUT2D eigenvalue weighted by molar-refractivity contribution is 0.0883. The van der Waals surface area contributed by atoms with Crippen molar-refractivity contribution in [2.45, 2.75) is 32.6 Å². The van der Waals surface area contributed by atoms with Crippen molar-refractivity contribution < 1.29 is 14.4 Å². The van der Waals surface area contributed by atoms with E-state index >= 15 is 0 Å². The molecule has 0 saturated heterocycles. The zero-order valence-electron chi connectivity index (χ0n) is 10.8. The minimum atomic E-state index is -0.614. The van der Waals surface area contributed by atoms with Gasteiger partial charge in [0.15, 0.2) is 0 Å². The fourth-order valence-corrected chi connectivity index (χ4v) is 1.54. The Bertz CT molecular complexity index is 340. The van der Waals surface area contributed by atoms with Gasteiger partial charge in [0.05, 0.1) is 12.3 Å². The number of hydroxylamine groups is 1. The number of hydrogen-bond acceptors (Lipinski definition) is 3. The van der Waals surface area contributed by atoms with Gasteiger partial charge in [-0.25, -0.2) is 4.79 Å². The fraction of sp³-hybridized carbons (Fsp3) is 0.429. The molecule has 0 aliphatic heterocycles. The van der Waals surface area contributed by atoms with Gasteiger partial charge in [0.1, 0.15) is 7.11 Å². The van der Waals surface area contributed by atoms with Crippen LogP contribution in [0.2, 0.25) is 0 Å². The number of benzene rings is 1. The van der Waals surface area contributed by atoms with Crippen LogP contribution in [0.5, 0.6) is 0 Å². The summed E-state index contributed by atoms with van der Waals surface area (Å²) in [6.45, 7) is 2.64. The summed E-state index contributed by atoms with van der Waals surface area (Å²) < 4.78 is 4.46. The van der Waals surface area contributed by atoms with Crippen LogP contribution in [0.25, 0.3) is 0 Å². The summed E-state index contributed by atoms with van der Waals surface area (Å²) in [7, 11) is 3.12. The van der Waals surface area contributed by atoms with E-state index in [1.807, 2.05) is 18.2 Å². The number of rotatable bonds is 7. The maximum atomic E-state index is 11.5. The molecule has 4 nitrogen and oxygen atoms in total. The number of anilines is 1. The molecule has 99 valence electrons. The van der Waals surface area contributed by atoms with Crippen molar-refractivity contribution >= 4 is 11.8 Å². The molecule has 0 aliphatic carbocycles. The molecule has 18 heavy (non-hydrogen) atoms. The van der Waals surface area contributed by atoms with E-state index in [-0.39, 0.29) is 0 Å². The highest BCUT2D eigenvalue weighted by Gasteiger charge is 2.16. The quantitative estimate of drug-likeness (QED) is 0.543. The molecule has 4 heteroatoms. The van der Waals surface area contributed by atoms with Gasteiger partial charge in [-0.05, 0) is 18.6 Å². The van der Waals surface area contributed by atoms with Crippen LogP contribution in [-0.4, -0.2) is 12.7 Å². The Labute approximate surface area is 108 Å². The van der Waals surface area contributed by atoms with E-state index < -0.39 is 6.09 Å². The Balaban J connectivity index is 2.50. The van der Waals surface area contributed by atoms with Crippen molar-refractivity contribution in [2.75, 3.05) is 11.7 Å². The molecule has 1 rings (SSSR count). The highest BCUT2D eigenvalue weighted by atomic mass is 16.7. The standard InChI is InChI=1S/C14H20NO3/c1-3-4-5-9-12-18-15(14(16)17-2)13-10-7-6-8-11-13/h6-8,10-11H,2-5,9,12H2,1H3. The van der Waals surface area contributed by atoms with Crippen molar-refractivity contribution in [3.05, 3.63) is 37.4 Å². The second kappa shape index (κ2) is 8.53. The normalized spacial score (nSPS) is 10.1. The average molecular weight is 250 g/mol. The Kier molecular flexibility index (Phi) is 6.87. The molecule has 0 bridgehead atoms. The molecule has 0 fully saturated rings. The zero-order chi connectivity index (χ0) is 13.2. The molecule has 0 unspecified atom stereocenters. The lowest BCUT2D eigenvalue weighted by Gasteiger charge is -2.20. The molecule has 0 N–H and O–H groups in total. The molecule has 0 spiro atoms. The third kappa shape index (κ3) is 4.75. The summed E-state index contributed by atoms with van der Waals surface area (Å²) >= 11 is 0. The summed E-state index contributed by atoms with van der Waals surface area (Å²) in [6, 6.07) is 9.10. The van der Waals surface area contributed by atoms with Gasteiger partial charge >= 0.3 is 6.09 Å². The largest absolute Gasteiger partial charge is 0.444 e. The summed E-state index contributed by atoms with van der Waals surface area (Å²) in [5.41, 5.74) is 0.640. The van der Waals surface area contributed by atoms with Crippen LogP contribution < -0.4 is 5.06 Å². The van der Waals surface area contributed by atoms with Crippen LogP contribution in [-0.2, 0) is 9.57 Å². The summed E-state index contributed by atoms with van der Waals surface area (Å²) in [6.07, 6.45) is 3.74. The van der Waals surface area contributed by atoms with Gasteiger partial charge in [-0.2, -0.15) is 5.06 Å². The smallest absolute Gasteiger partial charge is 0.438 e. The molecule has 0 saturated carbocycles. The van der Waals surface area contributed by atoms with Crippen molar-refractivity contribution in [3.8, 4) is 0 Å². The van der Waals surface area contributed by atoms with E-state index in [1.165, 1.54) is 12.8 Å². The highest BCUT2D eigenvalue weighted by molar-refractivity contribution is 5.85. The minimum absolute atomic E-state index is 0.490. The van der Waals surface area contributed by atoms with E-state index in [9.17, 15) is 4.79 Å². The molecule has 0 heterocycles. The molecule has 1 aromatic carbocycles. The first-order chi connectivity index (χ1) is 8.79. The van der Waals surface area contributed by atoms with Crippen molar-refractivity contribution in [3.63, 3.8) is 0 Å². The monoisotopic (exact) mass is 250 g/mol. The molecule has 0 atom stereocenters. The average Bonchev–Trinajstić information content (AvgIpc) is 2.43. The first-order valence-electron chi connectivity index (χ1n) is 6.23. The van der Waals surface area contributed by atoms with E-state index in [4.69, 9.17) is 4.84 Å². The van der Waals surface area contributed by atoms with Gasteiger partial charge in [-0.15, -0.1) is 0 Å². The Morgan fingerprint density at radius 3 is 2.56 bits per heavy atom. The van der Waals surface area contributed by atoms with Crippen LogP contribution in [0.3, 0.4) is 0 Å². The van der Waals surface area contributed by atoms with Gasteiger partial charge in [0.25, 0.3) is 0 Å². The number of carbonyl (C=O) groups excluding carboxylic acids is 1. The van der Waals surface area contributed by atoms with Crippen molar-refractivity contribution in [2.24, 2.45) is 0 Å². The molecule has 1 amide bonds. The van der Waals surface area contributed by atoms with Crippen LogP contribution in [0.15, 0.2) is 30.3 Å². The zero-order valence-corrected chi connectivity index (χ0v) is 10.8. The molecule has 0 aromatic heterocycles. The molecule has 0 aliphatic rings. The Hall–Kier alpha value is -1.55. The van der Waals surface area contributed by atoms with E-state index in [0.29, 0.717) is 12.3 Å². The number of amides is 1. The number of para-hydroxylation sites is 1. The predicted octanol–water partition coefficient (Wildman–Crippen LogP) is 3.93. The fourth-order valence-electron chi connectivity index (χ4n) is 1.54. The van der Waals surface area contributed by atoms with Crippen molar-refractivity contribution in [1.82, 2.24) is 0 Å². The summed E-state index contributed by atoms with van der Waals surface area (Å²) in [5.74, 6) is 0. The third-order valence-electron chi connectivity index (χ3n) is 2.50. The van der Waals surface area contributed by atoms with Crippen LogP contribution >= 0.6 is 0 Å². The van der Waals surface area contributed by atoms with Gasteiger partial charge in [0, 0.05) is 0 Å². The van der Waals surface area contributed by atoms with Gasteiger partial charge in [0.2, 0.25) is 0 Å². The summed E-state index contributed by atoms with van der Waals surface area (Å²) in [5, 5.41) is 1.14. The number of nitrogens with zero attached hydrogens (tertiary/aromatic N) is 1. The molecular weight excluding hydrogens is 230 g/mol. The minimum Gasteiger partial charge on any atom is -0.444 e. The van der Waals surface area contributed by atoms with E-state index in [1.54, 1.807) is 12.1 Å². The number of carbonyl (C=O) groups is 1. The maximum Gasteiger partial charge on any atom is 0.438 e. The summed E-state index contributed by atoms with van der Waals surface area (Å²) in [4.78, 5) is 17.0. The van der Waals surface area contributed by atoms with Crippen molar-refractivity contribution in [1.29, 1.82) is 0 Å². The lowest BCUT2D eigenvalue weighted by Crippen LogP contribution is -2.30. The second-order valence-electron chi connectivity index (χ2n) is 3.93. The lowest BCUT2D eigenvalue weighted by atomic mass is 10.2. The highest BCUT2D eigenvalue weighted by Crippen LogP contribution is 2.15. The molecule has 1 radical (unpaired) electrons. The maximum absolute atomic E-state index is 11.5. The Morgan fingerprint density at radius 1 is 1.22 bits per heavy atom. The second-order valence-corrected chi connectivity index (χ2v) is 3.93. The van der Waals surface area contributed by atoms with Gasteiger partial charge in [-0.1, -0.05) is 44.4 Å². The van der Waals surface area contributed by atoms with Crippen LogP contribution in [0, 0.1) is 7.11 Å². The molecule has 1 aromatic rings. The SMILES string of the molecule is [CH2]OC(=O)N(OCCCCCC)c1ccccc1. The van der Waals surface area contributed by atoms with Crippen LogP contribution in [0.4, 0.5) is 10.5 Å². The predicted molar refractivity (Wildman–Crippen MR) is 70.9 cm³/mol. The number of hydrogen-bond donors (Lipinski definition) is 0. The van der Waals surface area contributed by atoms with Gasteiger partial charge < -0.3 is 4.74 Å². The van der Waals surface area contributed by atoms with Crippen LogP contribution in [0.1, 0.15) is 32.6 Å². The number of unbranched alkanes of at least 4 members (excludes halogenated alkanes) is 3.